The molecule has 0 bridgehead atoms. The first-order valence-electron chi connectivity index (χ1n) is 8.71. The Labute approximate surface area is 154 Å². The Balaban J connectivity index is 2.15. The van der Waals surface area contributed by atoms with Crippen LogP contribution in [0.25, 0.3) is 0 Å². The Morgan fingerprint density at radius 1 is 1.19 bits per heavy atom. The van der Waals surface area contributed by atoms with Crippen molar-refractivity contribution in [1.29, 1.82) is 0 Å². The lowest BCUT2D eigenvalue weighted by molar-refractivity contribution is -0.114. The summed E-state index contributed by atoms with van der Waals surface area (Å²) < 4.78 is 14.1. The number of aliphatic hydroxyl groups excluding tert-OH is 1. The molecule has 2 aromatic carbocycles. The van der Waals surface area contributed by atoms with E-state index in [9.17, 15) is 14.3 Å². The van der Waals surface area contributed by atoms with Crippen LogP contribution in [0.3, 0.4) is 0 Å². The van der Waals surface area contributed by atoms with Crippen molar-refractivity contribution in [2.24, 2.45) is 0 Å². The van der Waals surface area contributed by atoms with Crippen molar-refractivity contribution in [2.75, 3.05) is 11.9 Å². The highest BCUT2D eigenvalue weighted by molar-refractivity contribution is 5.88. The van der Waals surface area contributed by atoms with Crippen molar-refractivity contribution >= 4 is 11.6 Å². The molecule has 0 heterocycles. The van der Waals surface area contributed by atoms with Gasteiger partial charge >= 0.3 is 0 Å². The molecule has 0 aromatic heterocycles. The molecule has 0 radical (unpaired) electrons. The van der Waals surface area contributed by atoms with Gasteiger partial charge in [0.05, 0.1) is 11.8 Å². The largest absolute Gasteiger partial charge is 0.387 e. The smallest absolute Gasteiger partial charge is 0.221 e. The Kier molecular flexibility index (Phi) is 6.51. The lowest BCUT2D eigenvalue weighted by atomic mass is 10.0. The fourth-order valence-electron chi connectivity index (χ4n) is 2.72. The zero-order valence-electron chi connectivity index (χ0n) is 15.8. The predicted molar refractivity (Wildman–Crippen MR) is 102 cm³/mol. The van der Waals surface area contributed by atoms with E-state index in [1.807, 2.05) is 30.3 Å². The van der Waals surface area contributed by atoms with Gasteiger partial charge in [-0.2, -0.15) is 0 Å². The number of β-amino-alcohol motifs (C(OH)–C–C–N with tert-alkyl or cyclic N) is 1. The molecule has 140 valence electrons. The van der Waals surface area contributed by atoms with Crippen LogP contribution in [0, 0.1) is 5.82 Å². The molecule has 0 fully saturated rings. The fraction of sp³-hybridized carbons (Fsp3) is 0.381. The molecule has 1 unspecified atom stereocenters. The van der Waals surface area contributed by atoms with Gasteiger partial charge in [-0.1, -0.05) is 36.4 Å². The van der Waals surface area contributed by atoms with E-state index in [1.54, 1.807) is 6.07 Å². The SMILES string of the molecule is CC(=O)Nc1ccc(C(O)CN(Cc2ccccc2)C(C)(C)C)cc1F. The molecule has 2 N–H and O–H groups in total. The summed E-state index contributed by atoms with van der Waals surface area (Å²) in [6.45, 7) is 8.65. The first-order valence-corrected chi connectivity index (χ1v) is 8.71. The summed E-state index contributed by atoms with van der Waals surface area (Å²) in [7, 11) is 0. The van der Waals surface area contributed by atoms with Crippen LogP contribution in [-0.4, -0.2) is 28.0 Å². The number of benzene rings is 2. The lowest BCUT2D eigenvalue weighted by Gasteiger charge is -2.37. The highest BCUT2D eigenvalue weighted by atomic mass is 19.1. The van der Waals surface area contributed by atoms with Crippen LogP contribution >= 0.6 is 0 Å². The third-order valence-corrected chi connectivity index (χ3v) is 4.25. The van der Waals surface area contributed by atoms with Crippen molar-refractivity contribution in [2.45, 2.75) is 45.9 Å². The molecular weight excluding hydrogens is 331 g/mol. The number of nitrogens with zero attached hydrogens (tertiary/aromatic N) is 1. The quantitative estimate of drug-likeness (QED) is 0.817. The average molecular weight is 358 g/mol. The summed E-state index contributed by atoms with van der Waals surface area (Å²) in [4.78, 5) is 13.2. The predicted octanol–water partition coefficient (Wildman–Crippen LogP) is 4.12. The van der Waals surface area contributed by atoms with Crippen LogP contribution in [0.1, 0.15) is 44.9 Å². The van der Waals surface area contributed by atoms with Crippen LogP contribution in [0.2, 0.25) is 0 Å². The minimum Gasteiger partial charge on any atom is -0.387 e. The second-order valence-electron chi connectivity index (χ2n) is 7.47. The summed E-state index contributed by atoms with van der Waals surface area (Å²) in [5.41, 5.74) is 1.59. The van der Waals surface area contributed by atoms with Gasteiger partial charge in [-0.3, -0.25) is 9.69 Å². The number of anilines is 1. The number of halogens is 1. The maximum atomic E-state index is 14.1. The molecule has 2 aromatic rings. The normalized spacial score (nSPS) is 12.9. The number of amides is 1. The van der Waals surface area contributed by atoms with Gasteiger partial charge in [0.1, 0.15) is 5.82 Å². The van der Waals surface area contributed by atoms with Crippen molar-refractivity contribution < 1.29 is 14.3 Å². The van der Waals surface area contributed by atoms with Gasteiger partial charge < -0.3 is 10.4 Å². The second-order valence-corrected chi connectivity index (χ2v) is 7.47. The first-order chi connectivity index (χ1) is 12.2. The van der Waals surface area contributed by atoms with Gasteiger partial charge in [-0.05, 0) is 44.0 Å². The van der Waals surface area contributed by atoms with Gasteiger partial charge in [0.15, 0.2) is 0 Å². The van der Waals surface area contributed by atoms with Gasteiger partial charge in [-0.15, -0.1) is 0 Å². The van der Waals surface area contributed by atoms with Crippen molar-refractivity contribution in [3.8, 4) is 0 Å². The number of carbonyl (C=O) groups is 1. The van der Waals surface area contributed by atoms with E-state index in [0.717, 1.165) is 5.56 Å². The van der Waals surface area contributed by atoms with E-state index in [4.69, 9.17) is 0 Å². The fourth-order valence-corrected chi connectivity index (χ4v) is 2.72. The van der Waals surface area contributed by atoms with Gasteiger partial charge in [0.25, 0.3) is 0 Å². The Morgan fingerprint density at radius 2 is 1.85 bits per heavy atom. The zero-order chi connectivity index (χ0) is 19.3. The Hall–Kier alpha value is -2.24. The summed E-state index contributed by atoms with van der Waals surface area (Å²) >= 11 is 0. The number of hydrogen-bond donors (Lipinski definition) is 2. The zero-order valence-corrected chi connectivity index (χ0v) is 15.8. The highest BCUT2D eigenvalue weighted by Crippen LogP contribution is 2.25. The molecule has 0 aliphatic heterocycles. The standard InChI is InChI=1S/C21H27FN2O2/c1-15(25)23-19-11-10-17(12-18(19)22)20(26)14-24(21(2,3)4)13-16-8-6-5-7-9-16/h5-12,20,26H,13-14H2,1-4H3,(H,23,25). The van der Waals surface area contributed by atoms with E-state index >= 15 is 0 Å². The maximum absolute atomic E-state index is 14.1. The summed E-state index contributed by atoms with van der Waals surface area (Å²) in [6, 6.07) is 14.4. The molecule has 0 spiro atoms. The summed E-state index contributed by atoms with van der Waals surface area (Å²) in [5.74, 6) is -0.888. The minimum absolute atomic E-state index is 0.116. The first kappa shape index (κ1) is 20.1. The molecule has 1 atom stereocenters. The molecular formula is C21H27FN2O2. The minimum atomic E-state index is -0.834. The van der Waals surface area contributed by atoms with Gasteiger partial charge in [0.2, 0.25) is 5.91 Å². The van der Waals surface area contributed by atoms with E-state index in [0.29, 0.717) is 18.7 Å². The monoisotopic (exact) mass is 358 g/mol. The van der Waals surface area contributed by atoms with Crippen molar-refractivity contribution in [1.82, 2.24) is 4.90 Å². The van der Waals surface area contributed by atoms with E-state index in [2.05, 4.69) is 31.0 Å². The number of carbonyl (C=O) groups excluding carboxylic acids is 1. The van der Waals surface area contributed by atoms with Gasteiger partial charge in [-0.25, -0.2) is 4.39 Å². The van der Waals surface area contributed by atoms with Crippen LogP contribution in [0.4, 0.5) is 10.1 Å². The second kappa shape index (κ2) is 8.43. The van der Waals surface area contributed by atoms with Crippen LogP contribution < -0.4 is 5.32 Å². The third kappa shape index (κ3) is 5.64. The van der Waals surface area contributed by atoms with Crippen molar-refractivity contribution in [3.63, 3.8) is 0 Å². The maximum Gasteiger partial charge on any atom is 0.221 e. The summed E-state index contributed by atoms with van der Waals surface area (Å²) in [5, 5.41) is 13.1. The molecule has 2 rings (SSSR count). The number of rotatable bonds is 6. The third-order valence-electron chi connectivity index (χ3n) is 4.25. The summed E-state index contributed by atoms with van der Waals surface area (Å²) in [6.07, 6.45) is -0.834. The Bertz CT molecular complexity index is 741. The van der Waals surface area contributed by atoms with E-state index in [-0.39, 0.29) is 17.1 Å². The van der Waals surface area contributed by atoms with Crippen LogP contribution in [0.5, 0.6) is 0 Å². The average Bonchev–Trinajstić information content (AvgIpc) is 2.55. The Morgan fingerprint density at radius 3 is 2.38 bits per heavy atom. The van der Waals surface area contributed by atoms with E-state index < -0.39 is 11.9 Å². The van der Waals surface area contributed by atoms with Crippen molar-refractivity contribution in [3.05, 3.63) is 65.5 Å². The van der Waals surface area contributed by atoms with Gasteiger partial charge in [0, 0.05) is 25.6 Å². The molecule has 26 heavy (non-hydrogen) atoms. The number of hydrogen-bond acceptors (Lipinski definition) is 3. The van der Waals surface area contributed by atoms with Crippen LogP contribution in [0.15, 0.2) is 48.5 Å². The van der Waals surface area contributed by atoms with E-state index in [1.165, 1.54) is 19.1 Å². The molecule has 1 amide bonds. The number of nitrogens with one attached hydrogen (secondary N) is 1. The lowest BCUT2D eigenvalue weighted by Crippen LogP contribution is -2.43. The molecule has 0 aliphatic rings. The molecule has 0 saturated carbocycles. The van der Waals surface area contributed by atoms with Crippen LogP contribution in [-0.2, 0) is 11.3 Å². The number of aliphatic hydroxyl groups is 1. The topological polar surface area (TPSA) is 52.6 Å². The molecule has 5 heteroatoms. The molecule has 4 nitrogen and oxygen atoms in total. The molecule has 0 aliphatic carbocycles. The molecule has 0 saturated heterocycles. The highest BCUT2D eigenvalue weighted by Gasteiger charge is 2.25.